The quantitative estimate of drug-likeness (QED) is 0.637. The normalized spacial score (nSPS) is 10.2. The van der Waals surface area contributed by atoms with Crippen LogP contribution in [0.1, 0.15) is 29.8 Å². The van der Waals surface area contributed by atoms with Gasteiger partial charge in [-0.1, -0.05) is 17.7 Å². The van der Waals surface area contributed by atoms with Crippen molar-refractivity contribution in [2.24, 2.45) is 0 Å². The number of hydrogen-bond acceptors (Lipinski definition) is 4. The van der Waals surface area contributed by atoms with Crippen molar-refractivity contribution in [2.45, 2.75) is 20.3 Å². The molecule has 0 aromatic heterocycles. The molecule has 6 nitrogen and oxygen atoms in total. The van der Waals surface area contributed by atoms with Crippen LogP contribution in [0.2, 0.25) is 5.02 Å². The Morgan fingerprint density at radius 1 is 0.929 bits per heavy atom. The maximum atomic E-state index is 12.0. The Hall–Kier alpha value is -2.73. The first kappa shape index (κ1) is 21.6. The molecule has 0 aliphatic carbocycles. The van der Waals surface area contributed by atoms with E-state index in [4.69, 9.17) is 21.1 Å². The molecule has 150 valence electrons. The molecule has 2 aromatic carbocycles. The van der Waals surface area contributed by atoms with Gasteiger partial charge in [0.25, 0.3) is 5.91 Å². The van der Waals surface area contributed by atoms with Crippen molar-refractivity contribution in [1.29, 1.82) is 0 Å². The maximum Gasteiger partial charge on any atom is 0.251 e. The maximum absolute atomic E-state index is 12.0. The van der Waals surface area contributed by atoms with E-state index in [1.165, 1.54) is 0 Å². The van der Waals surface area contributed by atoms with E-state index in [9.17, 15) is 9.59 Å². The molecule has 2 aromatic rings. The highest BCUT2D eigenvalue weighted by Crippen LogP contribution is 2.28. The molecule has 0 aliphatic heterocycles. The van der Waals surface area contributed by atoms with Crippen molar-refractivity contribution in [3.8, 4) is 11.5 Å². The number of halogens is 1. The highest BCUT2D eigenvalue weighted by Gasteiger charge is 2.09. The van der Waals surface area contributed by atoms with Gasteiger partial charge >= 0.3 is 0 Å². The first-order valence-electron chi connectivity index (χ1n) is 9.22. The van der Waals surface area contributed by atoms with Gasteiger partial charge in [0.15, 0.2) is 11.5 Å². The number of benzene rings is 2. The van der Waals surface area contributed by atoms with Crippen molar-refractivity contribution >= 4 is 23.4 Å². The van der Waals surface area contributed by atoms with E-state index in [0.717, 1.165) is 5.56 Å². The largest absolute Gasteiger partial charge is 0.490 e. The molecule has 7 heteroatoms. The average Bonchev–Trinajstić information content (AvgIpc) is 2.69. The lowest BCUT2D eigenvalue weighted by molar-refractivity contribution is -0.120. The third-order valence-corrected chi connectivity index (χ3v) is 4.11. The summed E-state index contributed by atoms with van der Waals surface area (Å²) in [5.41, 5.74) is 1.48. The van der Waals surface area contributed by atoms with Gasteiger partial charge in [-0.15, -0.1) is 0 Å². The molecule has 0 atom stereocenters. The molecule has 0 heterocycles. The Kier molecular flexibility index (Phi) is 8.62. The number of hydrogen-bond donors (Lipinski definition) is 2. The average molecular weight is 405 g/mol. The Morgan fingerprint density at radius 3 is 2.29 bits per heavy atom. The standard InChI is InChI=1S/C21H25ClN2O4/c1-3-27-18-10-5-15(13-19(18)28-4-2)11-12-23-20(25)14-24-21(26)16-6-8-17(22)9-7-16/h5-10,13H,3-4,11-12,14H2,1-2H3,(H,23,25)(H,24,26). The molecular weight excluding hydrogens is 380 g/mol. The molecule has 2 amide bonds. The summed E-state index contributed by atoms with van der Waals surface area (Å²) in [6, 6.07) is 12.2. The number of carbonyl (C=O) groups excluding carboxylic acids is 2. The van der Waals surface area contributed by atoms with Gasteiger partial charge in [-0.2, -0.15) is 0 Å². The predicted octanol–water partition coefficient (Wildman–Crippen LogP) is 3.23. The van der Waals surface area contributed by atoms with Gasteiger partial charge in [0.05, 0.1) is 19.8 Å². The van der Waals surface area contributed by atoms with Crippen LogP contribution in [0.3, 0.4) is 0 Å². The highest BCUT2D eigenvalue weighted by atomic mass is 35.5. The van der Waals surface area contributed by atoms with E-state index < -0.39 is 0 Å². The third kappa shape index (κ3) is 6.78. The number of nitrogens with one attached hydrogen (secondary N) is 2. The molecule has 0 saturated carbocycles. The molecule has 2 N–H and O–H groups in total. The lowest BCUT2D eigenvalue weighted by Crippen LogP contribution is -2.37. The summed E-state index contributed by atoms with van der Waals surface area (Å²) in [7, 11) is 0. The third-order valence-electron chi connectivity index (χ3n) is 3.86. The Labute approximate surface area is 170 Å². The molecule has 0 saturated heterocycles. The molecule has 2 rings (SSSR count). The summed E-state index contributed by atoms with van der Waals surface area (Å²) in [4.78, 5) is 23.9. The van der Waals surface area contributed by atoms with E-state index >= 15 is 0 Å². The molecule has 0 bridgehead atoms. The second kappa shape index (κ2) is 11.2. The molecule has 0 aliphatic rings. The van der Waals surface area contributed by atoms with Crippen LogP contribution in [0, 0.1) is 0 Å². The monoisotopic (exact) mass is 404 g/mol. The summed E-state index contributed by atoms with van der Waals surface area (Å²) in [6.45, 7) is 5.32. The van der Waals surface area contributed by atoms with Crippen LogP contribution in [0.5, 0.6) is 11.5 Å². The van der Waals surface area contributed by atoms with Gasteiger partial charge in [-0.05, 0) is 62.2 Å². The van der Waals surface area contributed by atoms with E-state index in [1.807, 2.05) is 32.0 Å². The van der Waals surface area contributed by atoms with Crippen molar-refractivity contribution in [1.82, 2.24) is 10.6 Å². The van der Waals surface area contributed by atoms with Gasteiger partial charge in [0.2, 0.25) is 5.91 Å². The predicted molar refractivity (Wildman–Crippen MR) is 109 cm³/mol. The van der Waals surface area contributed by atoms with Crippen LogP contribution < -0.4 is 20.1 Å². The van der Waals surface area contributed by atoms with Crippen LogP contribution >= 0.6 is 11.6 Å². The highest BCUT2D eigenvalue weighted by molar-refractivity contribution is 6.30. The summed E-state index contributed by atoms with van der Waals surface area (Å²) < 4.78 is 11.1. The number of rotatable bonds is 10. The molecule has 28 heavy (non-hydrogen) atoms. The second-order valence-electron chi connectivity index (χ2n) is 5.94. The van der Waals surface area contributed by atoms with Gasteiger partial charge < -0.3 is 20.1 Å². The Balaban J connectivity index is 1.77. The van der Waals surface area contributed by atoms with Crippen LogP contribution in [0.4, 0.5) is 0 Å². The second-order valence-corrected chi connectivity index (χ2v) is 6.37. The lowest BCUT2D eigenvalue weighted by Gasteiger charge is -2.12. The zero-order chi connectivity index (χ0) is 20.4. The molecule has 0 radical (unpaired) electrons. The minimum absolute atomic E-state index is 0.0884. The Bertz CT molecular complexity index is 793. The lowest BCUT2D eigenvalue weighted by atomic mass is 10.1. The summed E-state index contributed by atoms with van der Waals surface area (Å²) >= 11 is 5.79. The van der Waals surface area contributed by atoms with Crippen molar-refractivity contribution < 1.29 is 19.1 Å². The minimum atomic E-state index is -0.320. The SMILES string of the molecule is CCOc1ccc(CCNC(=O)CNC(=O)c2ccc(Cl)cc2)cc1OCC. The fraction of sp³-hybridized carbons (Fsp3) is 0.333. The summed E-state index contributed by atoms with van der Waals surface area (Å²) in [6.07, 6.45) is 0.642. The zero-order valence-corrected chi connectivity index (χ0v) is 16.8. The van der Waals surface area contributed by atoms with E-state index in [0.29, 0.717) is 48.3 Å². The number of carbonyl (C=O) groups is 2. The van der Waals surface area contributed by atoms with E-state index in [-0.39, 0.29) is 18.4 Å². The molecule has 0 spiro atoms. The first-order valence-corrected chi connectivity index (χ1v) is 9.60. The smallest absolute Gasteiger partial charge is 0.251 e. The minimum Gasteiger partial charge on any atom is -0.490 e. The van der Waals surface area contributed by atoms with E-state index in [2.05, 4.69) is 10.6 Å². The van der Waals surface area contributed by atoms with Crippen LogP contribution in [-0.4, -0.2) is 38.1 Å². The molecular formula is C21H25ClN2O4. The van der Waals surface area contributed by atoms with Gasteiger partial charge in [-0.25, -0.2) is 0 Å². The van der Waals surface area contributed by atoms with Crippen LogP contribution in [0.15, 0.2) is 42.5 Å². The molecule has 0 unspecified atom stereocenters. The fourth-order valence-corrected chi connectivity index (χ4v) is 2.65. The van der Waals surface area contributed by atoms with Crippen molar-refractivity contribution in [2.75, 3.05) is 26.3 Å². The first-order chi connectivity index (χ1) is 13.5. The molecule has 0 fully saturated rings. The zero-order valence-electron chi connectivity index (χ0n) is 16.1. The van der Waals surface area contributed by atoms with Crippen LogP contribution in [-0.2, 0) is 11.2 Å². The van der Waals surface area contributed by atoms with Gasteiger partial charge in [-0.3, -0.25) is 9.59 Å². The van der Waals surface area contributed by atoms with Gasteiger partial charge in [0, 0.05) is 17.1 Å². The topological polar surface area (TPSA) is 76.7 Å². The number of ether oxygens (including phenoxy) is 2. The summed E-state index contributed by atoms with van der Waals surface area (Å²) in [5.74, 6) is 0.836. The van der Waals surface area contributed by atoms with Crippen molar-refractivity contribution in [3.05, 3.63) is 58.6 Å². The van der Waals surface area contributed by atoms with E-state index in [1.54, 1.807) is 24.3 Å². The van der Waals surface area contributed by atoms with Crippen molar-refractivity contribution in [3.63, 3.8) is 0 Å². The van der Waals surface area contributed by atoms with Gasteiger partial charge in [0.1, 0.15) is 0 Å². The Morgan fingerprint density at radius 2 is 1.61 bits per heavy atom. The fourth-order valence-electron chi connectivity index (χ4n) is 2.52. The number of amides is 2. The van der Waals surface area contributed by atoms with Crippen LogP contribution in [0.25, 0.3) is 0 Å². The summed E-state index contributed by atoms with van der Waals surface area (Å²) in [5, 5.41) is 5.93.